The number of fused-ring (bicyclic) bond motifs is 2. The highest BCUT2D eigenvalue weighted by Crippen LogP contribution is 2.49. The van der Waals surface area contributed by atoms with Gasteiger partial charge in [-0.2, -0.15) is 23.5 Å². The summed E-state index contributed by atoms with van der Waals surface area (Å²) in [6.07, 6.45) is 22.1. The average molecular weight is 1000 g/mol. The highest BCUT2D eigenvalue weighted by atomic mass is 32.2. The van der Waals surface area contributed by atoms with Gasteiger partial charge >= 0.3 is 0 Å². The van der Waals surface area contributed by atoms with Crippen molar-refractivity contribution in [1.29, 1.82) is 0 Å². The fourth-order valence-electron chi connectivity index (χ4n) is 11.6. The number of benzene rings is 5. The predicted octanol–water partition coefficient (Wildman–Crippen LogP) is 14.9. The van der Waals surface area contributed by atoms with Crippen LogP contribution in [0.2, 0.25) is 0 Å². The van der Waals surface area contributed by atoms with Crippen LogP contribution in [0.15, 0.2) is 170 Å². The van der Waals surface area contributed by atoms with E-state index in [-0.39, 0.29) is 29.6 Å². The van der Waals surface area contributed by atoms with Gasteiger partial charge in [-0.25, -0.2) is 0 Å². The van der Waals surface area contributed by atoms with Crippen LogP contribution in [0.5, 0.6) is 11.5 Å². The van der Waals surface area contributed by atoms with Crippen molar-refractivity contribution >= 4 is 23.5 Å². The lowest BCUT2D eigenvalue weighted by molar-refractivity contribution is -0.0961. The fourth-order valence-corrected chi connectivity index (χ4v) is 12.4. The third kappa shape index (κ3) is 11.3. The van der Waals surface area contributed by atoms with Gasteiger partial charge in [0, 0.05) is 32.8 Å². The van der Waals surface area contributed by atoms with Crippen LogP contribution >= 0.6 is 23.5 Å². The number of aliphatic hydroxyl groups is 1. The minimum absolute atomic E-state index is 0.120. The summed E-state index contributed by atoms with van der Waals surface area (Å²) >= 11 is 3.94. The van der Waals surface area contributed by atoms with Gasteiger partial charge in [-0.05, 0) is 132 Å². The molecule has 0 saturated carbocycles. The largest absolute Gasteiger partial charge is 0.492 e. The number of rotatable bonds is 24. The van der Waals surface area contributed by atoms with Crippen molar-refractivity contribution in [1.82, 2.24) is 0 Å². The lowest BCUT2D eigenvalue weighted by atomic mass is 9.65. The van der Waals surface area contributed by atoms with E-state index >= 15 is 0 Å². The molecule has 2 fully saturated rings. The highest BCUT2D eigenvalue weighted by molar-refractivity contribution is 8.07. The van der Waals surface area contributed by atoms with E-state index in [0.29, 0.717) is 10.5 Å². The Morgan fingerprint density at radius 2 is 1.29 bits per heavy atom. The molecule has 5 aromatic rings. The third-order valence-corrected chi connectivity index (χ3v) is 18.1. The quantitative estimate of drug-likeness (QED) is 0.0286. The maximum Gasteiger partial charge on any atom is 0.119 e. The van der Waals surface area contributed by atoms with Gasteiger partial charge in [0.2, 0.25) is 0 Å². The van der Waals surface area contributed by atoms with Crippen LogP contribution in [0.25, 0.3) is 0 Å². The summed E-state index contributed by atoms with van der Waals surface area (Å²) in [6, 6.07) is 44.4. The Balaban J connectivity index is 0.907. The van der Waals surface area contributed by atoms with E-state index in [9.17, 15) is 5.11 Å². The Kier molecular flexibility index (Phi) is 17.1. The molecule has 9 rings (SSSR count). The molecule has 7 heteroatoms. The van der Waals surface area contributed by atoms with Crippen molar-refractivity contribution in [3.05, 3.63) is 214 Å². The molecule has 5 nitrogen and oxygen atoms in total. The zero-order valence-corrected chi connectivity index (χ0v) is 44.8. The van der Waals surface area contributed by atoms with E-state index in [1.165, 1.54) is 56.0 Å². The topological polar surface area (TPSA) is 57.2 Å². The molecule has 0 spiro atoms. The van der Waals surface area contributed by atoms with Gasteiger partial charge in [0.15, 0.2) is 0 Å². The Morgan fingerprint density at radius 3 is 1.94 bits per heavy atom. The molecule has 2 heterocycles. The Hall–Kier alpha value is -4.76. The van der Waals surface area contributed by atoms with Gasteiger partial charge in [-0.3, -0.25) is 0 Å². The number of aryl methyl sites for hydroxylation is 1. The number of ether oxygens (including phenoxy) is 4. The summed E-state index contributed by atoms with van der Waals surface area (Å²) in [5, 5.41) is 12.7. The zero-order chi connectivity index (χ0) is 50.0. The first-order valence-corrected chi connectivity index (χ1v) is 28.9. The van der Waals surface area contributed by atoms with Crippen molar-refractivity contribution < 1.29 is 24.1 Å². The summed E-state index contributed by atoms with van der Waals surface area (Å²) < 4.78 is 25.9. The van der Waals surface area contributed by atoms with Gasteiger partial charge in [0.1, 0.15) is 30.8 Å². The molecular formula is C65H76O5S2. The second-order valence-corrected chi connectivity index (χ2v) is 23.0. The van der Waals surface area contributed by atoms with Crippen LogP contribution in [-0.4, -0.2) is 65.2 Å². The summed E-state index contributed by atoms with van der Waals surface area (Å²) in [4.78, 5) is 0. The maximum absolute atomic E-state index is 11.5. The molecule has 5 unspecified atom stereocenters. The molecule has 1 N–H and O–H groups in total. The maximum atomic E-state index is 11.5. The first-order valence-electron chi connectivity index (χ1n) is 26.8. The van der Waals surface area contributed by atoms with Crippen LogP contribution in [0.1, 0.15) is 124 Å². The van der Waals surface area contributed by atoms with E-state index in [2.05, 4.69) is 192 Å². The van der Waals surface area contributed by atoms with E-state index in [0.717, 1.165) is 94.5 Å². The SMILES string of the molecule is C=C/C(=C\C=C\C(CC)(CC)OCC1CS1)C1(c2ccc(OCC(O)COC(CC)(CC)c3ccc(C4(c5ccc(OCC6CS6)cc5)CC=CCc5ccccc54)cc3)cc2)CCCCc2ccccc21. The number of aliphatic hydroxyl groups excluding tert-OH is 1. The van der Waals surface area contributed by atoms with Crippen LogP contribution in [0.3, 0.4) is 0 Å². The molecule has 4 aliphatic rings. The number of allylic oxidation sites excluding steroid dienone is 6. The molecule has 2 saturated heterocycles. The van der Waals surface area contributed by atoms with Crippen molar-refractivity contribution in [3.8, 4) is 11.5 Å². The Bertz CT molecular complexity index is 2650. The smallest absolute Gasteiger partial charge is 0.119 e. The lowest BCUT2D eigenvalue weighted by Gasteiger charge is -2.37. The summed E-state index contributed by atoms with van der Waals surface area (Å²) in [6.45, 7) is 15.1. The highest BCUT2D eigenvalue weighted by Gasteiger charge is 2.41. The molecule has 72 heavy (non-hydrogen) atoms. The second-order valence-electron chi connectivity index (χ2n) is 20.3. The summed E-state index contributed by atoms with van der Waals surface area (Å²) in [5.74, 6) is 4.03. The van der Waals surface area contributed by atoms with Gasteiger partial charge in [-0.15, -0.1) is 0 Å². The monoisotopic (exact) mass is 1000 g/mol. The van der Waals surface area contributed by atoms with Gasteiger partial charge in [0.25, 0.3) is 0 Å². The molecule has 0 radical (unpaired) electrons. The molecule has 0 amide bonds. The molecule has 0 bridgehead atoms. The molecule has 0 aromatic heterocycles. The fraction of sp³-hybridized carbons (Fsp3) is 0.415. The van der Waals surface area contributed by atoms with E-state index in [4.69, 9.17) is 18.9 Å². The van der Waals surface area contributed by atoms with Crippen LogP contribution in [-0.2, 0) is 38.7 Å². The van der Waals surface area contributed by atoms with Gasteiger partial charge in [-0.1, -0.05) is 174 Å². The second kappa shape index (κ2) is 23.6. The van der Waals surface area contributed by atoms with Gasteiger partial charge < -0.3 is 24.1 Å². The molecule has 5 atom stereocenters. The minimum atomic E-state index is -0.818. The van der Waals surface area contributed by atoms with E-state index < -0.39 is 11.7 Å². The lowest BCUT2D eigenvalue weighted by Crippen LogP contribution is -2.34. The van der Waals surface area contributed by atoms with Gasteiger partial charge in [0.05, 0.1) is 24.4 Å². The van der Waals surface area contributed by atoms with Crippen molar-refractivity contribution in [3.63, 3.8) is 0 Å². The third-order valence-electron chi connectivity index (χ3n) is 16.2. The molecule has 5 aromatic carbocycles. The van der Waals surface area contributed by atoms with Crippen LogP contribution in [0.4, 0.5) is 0 Å². The predicted molar refractivity (Wildman–Crippen MR) is 302 cm³/mol. The number of thioether (sulfide) groups is 2. The zero-order valence-electron chi connectivity index (χ0n) is 43.2. The summed E-state index contributed by atoms with van der Waals surface area (Å²) in [7, 11) is 0. The minimum Gasteiger partial charge on any atom is -0.492 e. The van der Waals surface area contributed by atoms with E-state index in [1.54, 1.807) is 0 Å². The molecular weight excluding hydrogens is 925 g/mol. The number of hydrogen-bond acceptors (Lipinski definition) is 7. The first-order chi connectivity index (χ1) is 35.2. The summed E-state index contributed by atoms with van der Waals surface area (Å²) in [5.41, 5.74) is 9.83. The Morgan fingerprint density at radius 1 is 0.681 bits per heavy atom. The standard InChI is InChI=1S/C65H76O5S2/c1-6-50(24-19-39-62(7-2,8-3)69-45-59-47-72-59)64(40-17-15-22-48-20-11-13-25-60(48)64)53-31-35-56(36-32-53)67-42-55(66)43-70-63(9-4,10-5)51-27-29-52(30-28-51)65(41-18-16-23-49-21-12-14-26-61(49)65)54-33-37-57(38-34-54)68-44-58-46-71-58/h6,11-14,16,18-21,24-39,55,58-59,66H,1,7-10,15,17,22-23,40-47H2,2-5H3/b39-19+,50-24+. The first kappa shape index (κ1) is 52.1. The molecule has 2 aliphatic carbocycles. The molecule has 378 valence electrons. The average Bonchev–Trinajstić information content (AvgIpc) is 4.37. The Labute approximate surface area is 439 Å². The normalized spacial score (nSPS) is 22.3. The van der Waals surface area contributed by atoms with E-state index in [1.807, 2.05) is 23.5 Å². The van der Waals surface area contributed by atoms with Crippen LogP contribution in [0, 0.1) is 0 Å². The molecule has 2 aliphatic heterocycles. The van der Waals surface area contributed by atoms with Crippen molar-refractivity contribution in [2.24, 2.45) is 0 Å². The van der Waals surface area contributed by atoms with Crippen molar-refractivity contribution in [2.75, 3.05) is 37.9 Å². The van der Waals surface area contributed by atoms with Crippen LogP contribution < -0.4 is 9.47 Å². The van der Waals surface area contributed by atoms with Crippen molar-refractivity contribution in [2.45, 2.75) is 131 Å². The number of hydrogen-bond donors (Lipinski definition) is 1.